The van der Waals surface area contributed by atoms with E-state index in [2.05, 4.69) is 31.2 Å². The van der Waals surface area contributed by atoms with Gasteiger partial charge in [0.05, 0.1) is 6.20 Å². The van der Waals surface area contributed by atoms with Crippen molar-refractivity contribution in [2.75, 3.05) is 5.32 Å². The lowest BCUT2D eigenvalue weighted by molar-refractivity contribution is 1.08. The van der Waals surface area contributed by atoms with Crippen molar-refractivity contribution in [3.05, 3.63) is 50.8 Å². The second-order valence-electron chi connectivity index (χ2n) is 3.28. The van der Waals surface area contributed by atoms with Crippen LogP contribution in [-0.4, -0.2) is 9.97 Å². The standard InChI is InChI=1S/C11H8BrCl2N3/c12-8-4-2-1-3-7(8)5-15-10-9(13)6-16-11(14)17-10/h1-4,6H,5H2,(H,15,16,17). The molecule has 1 N–H and O–H groups in total. The van der Waals surface area contributed by atoms with Gasteiger partial charge in [0.1, 0.15) is 10.8 Å². The zero-order valence-electron chi connectivity index (χ0n) is 8.62. The van der Waals surface area contributed by atoms with E-state index in [0.717, 1.165) is 10.0 Å². The fraction of sp³-hybridized carbons (Fsp3) is 0.0909. The van der Waals surface area contributed by atoms with Gasteiger partial charge in [0, 0.05) is 11.0 Å². The normalized spacial score (nSPS) is 10.3. The van der Waals surface area contributed by atoms with Crippen molar-refractivity contribution in [3.63, 3.8) is 0 Å². The largest absolute Gasteiger partial charge is 0.365 e. The second-order valence-corrected chi connectivity index (χ2v) is 4.88. The summed E-state index contributed by atoms with van der Waals surface area (Å²) >= 11 is 15.1. The second kappa shape index (κ2) is 5.67. The molecule has 0 aliphatic rings. The Morgan fingerprint density at radius 3 is 2.76 bits per heavy atom. The van der Waals surface area contributed by atoms with E-state index in [1.54, 1.807) is 0 Å². The highest BCUT2D eigenvalue weighted by Crippen LogP contribution is 2.22. The van der Waals surface area contributed by atoms with Crippen molar-refractivity contribution in [1.82, 2.24) is 9.97 Å². The number of halogens is 3. The SMILES string of the molecule is Clc1ncc(Cl)c(NCc2ccccc2Br)n1. The minimum absolute atomic E-state index is 0.170. The highest BCUT2D eigenvalue weighted by Gasteiger charge is 2.04. The van der Waals surface area contributed by atoms with Gasteiger partial charge in [-0.3, -0.25) is 0 Å². The summed E-state index contributed by atoms with van der Waals surface area (Å²) in [6, 6.07) is 7.91. The van der Waals surface area contributed by atoms with Gasteiger partial charge in [-0.2, -0.15) is 4.98 Å². The summed E-state index contributed by atoms with van der Waals surface area (Å²) in [5, 5.41) is 3.73. The number of aromatic nitrogens is 2. The molecule has 0 aliphatic heterocycles. The lowest BCUT2D eigenvalue weighted by Gasteiger charge is -2.08. The maximum Gasteiger partial charge on any atom is 0.224 e. The van der Waals surface area contributed by atoms with Gasteiger partial charge in [-0.15, -0.1) is 0 Å². The van der Waals surface area contributed by atoms with Crippen molar-refractivity contribution in [1.29, 1.82) is 0 Å². The highest BCUT2D eigenvalue weighted by molar-refractivity contribution is 9.10. The van der Waals surface area contributed by atoms with E-state index in [0.29, 0.717) is 17.4 Å². The van der Waals surface area contributed by atoms with Crippen LogP contribution in [0.15, 0.2) is 34.9 Å². The molecule has 0 fully saturated rings. The number of benzene rings is 1. The van der Waals surface area contributed by atoms with Gasteiger partial charge in [-0.05, 0) is 23.2 Å². The third-order valence-corrected chi connectivity index (χ3v) is 3.35. The molecule has 6 heteroatoms. The molecule has 0 atom stereocenters. The molecule has 0 aliphatic carbocycles. The van der Waals surface area contributed by atoms with Gasteiger partial charge in [0.2, 0.25) is 5.28 Å². The number of hydrogen-bond donors (Lipinski definition) is 1. The molecule has 0 unspecified atom stereocenters. The Hall–Kier alpha value is -0.840. The van der Waals surface area contributed by atoms with Crippen LogP contribution in [0.3, 0.4) is 0 Å². The van der Waals surface area contributed by atoms with Crippen LogP contribution in [0.25, 0.3) is 0 Å². The minimum atomic E-state index is 0.170. The Balaban J connectivity index is 2.12. The Bertz CT molecular complexity index is 534. The quantitative estimate of drug-likeness (QED) is 0.858. The van der Waals surface area contributed by atoms with Crippen LogP contribution in [0.4, 0.5) is 5.82 Å². The average Bonchev–Trinajstić information content (AvgIpc) is 2.32. The van der Waals surface area contributed by atoms with E-state index in [4.69, 9.17) is 23.2 Å². The molecule has 0 radical (unpaired) electrons. The summed E-state index contributed by atoms with van der Waals surface area (Å²) in [4.78, 5) is 7.80. The molecular formula is C11H8BrCl2N3. The van der Waals surface area contributed by atoms with E-state index in [1.165, 1.54) is 6.20 Å². The first kappa shape index (κ1) is 12.6. The monoisotopic (exact) mass is 331 g/mol. The first-order chi connectivity index (χ1) is 8.16. The first-order valence-corrected chi connectivity index (χ1v) is 6.37. The molecule has 0 amide bonds. The van der Waals surface area contributed by atoms with Crippen molar-refractivity contribution >= 4 is 44.9 Å². The number of anilines is 1. The summed E-state index contributed by atoms with van der Waals surface area (Å²) in [5.74, 6) is 0.530. The number of hydrogen-bond acceptors (Lipinski definition) is 3. The molecule has 0 bridgehead atoms. The van der Waals surface area contributed by atoms with Crippen LogP contribution in [0.1, 0.15) is 5.56 Å². The van der Waals surface area contributed by atoms with Crippen molar-refractivity contribution < 1.29 is 0 Å². The Morgan fingerprint density at radius 1 is 1.24 bits per heavy atom. The predicted molar refractivity (Wildman–Crippen MR) is 73.5 cm³/mol. The van der Waals surface area contributed by atoms with E-state index in [1.807, 2.05) is 24.3 Å². The molecule has 1 aromatic carbocycles. The highest BCUT2D eigenvalue weighted by atomic mass is 79.9. The van der Waals surface area contributed by atoms with E-state index >= 15 is 0 Å². The molecular weight excluding hydrogens is 325 g/mol. The molecule has 3 nitrogen and oxygen atoms in total. The zero-order valence-corrected chi connectivity index (χ0v) is 11.7. The van der Waals surface area contributed by atoms with Crippen LogP contribution < -0.4 is 5.32 Å². The summed E-state index contributed by atoms with van der Waals surface area (Å²) < 4.78 is 1.03. The van der Waals surface area contributed by atoms with Gasteiger partial charge >= 0.3 is 0 Å². The Morgan fingerprint density at radius 2 is 2.00 bits per heavy atom. The number of rotatable bonds is 3. The van der Waals surface area contributed by atoms with Gasteiger partial charge in [-0.25, -0.2) is 4.98 Å². The molecule has 0 saturated carbocycles. The smallest absolute Gasteiger partial charge is 0.224 e. The van der Waals surface area contributed by atoms with Crippen LogP contribution in [-0.2, 0) is 6.54 Å². The molecule has 2 rings (SSSR count). The topological polar surface area (TPSA) is 37.8 Å². The van der Waals surface area contributed by atoms with E-state index in [9.17, 15) is 0 Å². The van der Waals surface area contributed by atoms with Gasteiger partial charge in [0.15, 0.2) is 0 Å². The fourth-order valence-electron chi connectivity index (χ4n) is 1.29. The summed E-state index contributed by atoms with van der Waals surface area (Å²) in [5.41, 5.74) is 1.11. The molecule has 1 heterocycles. The predicted octanol–water partition coefficient (Wildman–Crippen LogP) is 4.16. The zero-order chi connectivity index (χ0) is 12.3. The molecule has 0 saturated heterocycles. The molecule has 0 spiro atoms. The first-order valence-electron chi connectivity index (χ1n) is 4.82. The lowest BCUT2D eigenvalue weighted by Crippen LogP contribution is -2.03. The third kappa shape index (κ3) is 3.31. The van der Waals surface area contributed by atoms with E-state index < -0.39 is 0 Å². The summed E-state index contributed by atoms with van der Waals surface area (Å²) in [7, 11) is 0. The third-order valence-electron chi connectivity index (χ3n) is 2.12. The lowest BCUT2D eigenvalue weighted by atomic mass is 10.2. The van der Waals surface area contributed by atoms with Crippen molar-refractivity contribution in [2.45, 2.75) is 6.54 Å². The maximum absolute atomic E-state index is 5.94. The number of nitrogens with one attached hydrogen (secondary N) is 1. The Kier molecular flexibility index (Phi) is 4.20. The summed E-state index contributed by atoms with van der Waals surface area (Å²) in [6.07, 6.45) is 1.47. The molecule has 88 valence electrons. The summed E-state index contributed by atoms with van der Waals surface area (Å²) in [6.45, 7) is 0.606. The van der Waals surface area contributed by atoms with Crippen LogP contribution in [0.5, 0.6) is 0 Å². The van der Waals surface area contributed by atoms with Gasteiger partial charge in [0.25, 0.3) is 0 Å². The van der Waals surface area contributed by atoms with Crippen molar-refractivity contribution in [3.8, 4) is 0 Å². The van der Waals surface area contributed by atoms with Crippen molar-refractivity contribution in [2.24, 2.45) is 0 Å². The molecule has 17 heavy (non-hydrogen) atoms. The molecule has 1 aromatic heterocycles. The maximum atomic E-state index is 5.94. The van der Waals surface area contributed by atoms with Crippen LogP contribution in [0, 0.1) is 0 Å². The number of nitrogens with zero attached hydrogens (tertiary/aromatic N) is 2. The van der Waals surface area contributed by atoms with Crippen LogP contribution in [0.2, 0.25) is 10.3 Å². The van der Waals surface area contributed by atoms with E-state index in [-0.39, 0.29) is 5.28 Å². The fourth-order valence-corrected chi connectivity index (χ4v) is 2.01. The van der Waals surface area contributed by atoms with Gasteiger partial charge in [-0.1, -0.05) is 45.7 Å². The average molecular weight is 333 g/mol. The molecule has 2 aromatic rings. The Labute approximate surface area is 117 Å². The van der Waals surface area contributed by atoms with Gasteiger partial charge < -0.3 is 5.32 Å². The minimum Gasteiger partial charge on any atom is -0.365 e. The van der Waals surface area contributed by atoms with Crippen LogP contribution >= 0.6 is 39.1 Å².